The number of aromatic nitrogens is 3. The zero-order chi connectivity index (χ0) is 14.1. The summed E-state index contributed by atoms with van der Waals surface area (Å²) in [5.41, 5.74) is 0. The van der Waals surface area contributed by atoms with Gasteiger partial charge in [0.25, 0.3) is 5.91 Å². The van der Waals surface area contributed by atoms with Crippen molar-refractivity contribution in [1.29, 1.82) is 0 Å². The van der Waals surface area contributed by atoms with Crippen LogP contribution in [-0.4, -0.2) is 51.8 Å². The minimum Gasteiger partial charge on any atom is -0.360 e. The van der Waals surface area contributed by atoms with Gasteiger partial charge in [0.2, 0.25) is 5.82 Å². The summed E-state index contributed by atoms with van der Waals surface area (Å²) >= 11 is 1.74. The van der Waals surface area contributed by atoms with Gasteiger partial charge in [-0.2, -0.15) is 0 Å². The Morgan fingerprint density at radius 1 is 1.30 bits per heavy atom. The molecule has 20 heavy (non-hydrogen) atoms. The van der Waals surface area contributed by atoms with E-state index in [4.69, 9.17) is 0 Å². The summed E-state index contributed by atoms with van der Waals surface area (Å²) in [6, 6.07) is 4.17. The fourth-order valence-electron chi connectivity index (χ4n) is 2.27. The van der Waals surface area contributed by atoms with Gasteiger partial charge in [-0.3, -0.25) is 9.48 Å². The lowest BCUT2D eigenvalue weighted by atomic mass is 10.3. The van der Waals surface area contributed by atoms with Crippen molar-refractivity contribution in [2.24, 2.45) is 7.05 Å². The second-order valence-corrected chi connectivity index (χ2v) is 5.76. The lowest BCUT2D eigenvalue weighted by Crippen LogP contribution is -2.48. The Labute approximate surface area is 121 Å². The van der Waals surface area contributed by atoms with Crippen molar-refractivity contribution in [3.8, 4) is 0 Å². The number of anilines is 1. The minimum absolute atomic E-state index is 0.0699. The molecule has 1 amide bonds. The average Bonchev–Trinajstić information content (AvgIpc) is 3.09. The number of piperazine rings is 1. The SMILES string of the molecule is Cc1nc(C(=O)N2CCN(c3cccs3)CC2)nn1C. The van der Waals surface area contributed by atoms with Crippen molar-refractivity contribution in [2.45, 2.75) is 6.92 Å². The van der Waals surface area contributed by atoms with Gasteiger partial charge in [0.1, 0.15) is 5.82 Å². The third-order valence-electron chi connectivity index (χ3n) is 3.56. The maximum absolute atomic E-state index is 12.3. The van der Waals surface area contributed by atoms with Crippen LogP contribution >= 0.6 is 11.3 Å². The molecular weight excluding hydrogens is 274 g/mol. The standard InChI is InChI=1S/C13H17N5OS/c1-10-14-12(15-16(10)2)13(19)18-7-5-17(6-8-18)11-4-3-9-20-11/h3-4,9H,5-8H2,1-2H3. The molecule has 0 spiro atoms. The molecule has 0 saturated carbocycles. The number of nitrogens with zero attached hydrogens (tertiary/aromatic N) is 5. The summed E-state index contributed by atoms with van der Waals surface area (Å²) in [4.78, 5) is 20.7. The largest absolute Gasteiger partial charge is 0.360 e. The average molecular weight is 291 g/mol. The van der Waals surface area contributed by atoms with Gasteiger partial charge in [-0.15, -0.1) is 16.4 Å². The van der Waals surface area contributed by atoms with Crippen LogP contribution in [0.5, 0.6) is 0 Å². The molecule has 0 aromatic carbocycles. The highest BCUT2D eigenvalue weighted by Crippen LogP contribution is 2.22. The molecule has 1 aliphatic heterocycles. The highest BCUT2D eigenvalue weighted by atomic mass is 32.1. The van der Waals surface area contributed by atoms with E-state index in [1.807, 2.05) is 11.8 Å². The third kappa shape index (κ3) is 2.40. The van der Waals surface area contributed by atoms with Crippen molar-refractivity contribution in [3.63, 3.8) is 0 Å². The molecule has 2 aromatic rings. The Morgan fingerprint density at radius 3 is 2.60 bits per heavy atom. The van der Waals surface area contributed by atoms with E-state index in [0.29, 0.717) is 18.9 Å². The molecule has 1 saturated heterocycles. The van der Waals surface area contributed by atoms with Crippen LogP contribution in [0.25, 0.3) is 0 Å². The topological polar surface area (TPSA) is 54.3 Å². The van der Waals surface area contributed by atoms with Gasteiger partial charge in [-0.25, -0.2) is 4.98 Å². The summed E-state index contributed by atoms with van der Waals surface area (Å²) in [5, 5.41) is 7.50. The highest BCUT2D eigenvalue weighted by Gasteiger charge is 2.25. The summed E-state index contributed by atoms with van der Waals surface area (Å²) in [5.74, 6) is 0.986. The van der Waals surface area contributed by atoms with E-state index < -0.39 is 0 Å². The van der Waals surface area contributed by atoms with Crippen LogP contribution in [0.15, 0.2) is 17.5 Å². The van der Waals surface area contributed by atoms with Gasteiger partial charge in [0.05, 0.1) is 5.00 Å². The molecule has 0 aliphatic carbocycles. The molecule has 0 bridgehead atoms. The normalized spacial score (nSPS) is 15.7. The fraction of sp³-hybridized carbons (Fsp3) is 0.462. The molecule has 0 unspecified atom stereocenters. The van der Waals surface area contributed by atoms with Crippen molar-refractivity contribution in [2.75, 3.05) is 31.1 Å². The number of amides is 1. The van der Waals surface area contributed by atoms with Crippen LogP contribution in [0, 0.1) is 6.92 Å². The quantitative estimate of drug-likeness (QED) is 0.833. The molecule has 3 rings (SSSR count). The predicted octanol–water partition coefficient (Wildman–Crippen LogP) is 1.15. The van der Waals surface area contributed by atoms with Gasteiger partial charge in [-0.1, -0.05) is 0 Å². The number of hydrogen-bond acceptors (Lipinski definition) is 5. The van der Waals surface area contributed by atoms with E-state index in [1.165, 1.54) is 5.00 Å². The lowest BCUT2D eigenvalue weighted by Gasteiger charge is -2.34. The Kier molecular flexibility index (Phi) is 3.43. The first kappa shape index (κ1) is 13.1. The van der Waals surface area contributed by atoms with Crippen LogP contribution in [-0.2, 0) is 7.05 Å². The molecule has 3 heterocycles. The van der Waals surface area contributed by atoms with Crippen LogP contribution in [0.2, 0.25) is 0 Å². The fourth-order valence-corrected chi connectivity index (χ4v) is 3.06. The van der Waals surface area contributed by atoms with Crippen LogP contribution < -0.4 is 4.90 Å². The molecule has 106 valence electrons. The number of carbonyl (C=O) groups is 1. The first-order chi connectivity index (χ1) is 9.65. The molecular formula is C13H17N5OS. The second kappa shape index (κ2) is 5.24. The smallest absolute Gasteiger partial charge is 0.293 e. The van der Waals surface area contributed by atoms with Crippen LogP contribution in [0.3, 0.4) is 0 Å². The van der Waals surface area contributed by atoms with Crippen molar-refractivity contribution >= 4 is 22.2 Å². The first-order valence-electron chi connectivity index (χ1n) is 6.60. The Balaban J connectivity index is 1.64. The Bertz CT molecular complexity index is 579. The third-order valence-corrected chi connectivity index (χ3v) is 4.49. The minimum atomic E-state index is -0.0699. The first-order valence-corrected chi connectivity index (χ1v) is 7.48. The van der Waals surface area contributed by atoms with E-state index in [9.17, 15) is 4.79 Å². The van der Waals surface area contributed by atoms with E-state index in [2.05, 4.69) is 32.5 Å². The van der Waals surface area contributed by atoms with Crippen molar-refractivity contribution in [1.82, 2.24) is 19.7 Å². The molecule has 6 nitrogen and oxygen atoms in total. The van der Waals surface area contributed by atoms with Crippen molar-refractivity contribution < 1.29 is 4.79 Å². The second-order valence-electron chi connectivity index (χ2n) is 4.84. The van der Waals surface area contributed by atoms with Gasteiger partial charge in [0, 0.05) is 33.2 Å². The Morgan fingerprint density at radius 2 is 2.05 bits per heavy atom. The van der Waals surface area contributed by atoms with E-state index in [-0.39, 0.29) is 5.91 Å². The summed E-state index contributed by atoms with van der Waals surface area (Å²) < 4.78 is 1.63. The number of hydrogen-bond donors (Lipinski definition) is 0. The van der Waals surface area contributed by atoms with Crippen molar-refractivity contribution in [3.05, 3.63) is 29.2 Å². The molecule has 1 fully saturated rings. The zero-order valence-corrected chi connectivity index (χ0v) is 12.4. The maximum Gasteiger partial charge on any atom is 0.293 e. The van der Waals surface area contributed by atoms with E-state index in [1.54, 1.807) is 23.1 Å². The zero-order valence-electron chi connectivity index (χ0n) is 11.6. The van der Waals surface area contributed by atoms with Gasteiger partial charge in [0.15, 0.2) is 0 Å². The van der Waals surface area contributed by atoms with Crippen LogP contribution in [0.4, 0.5) is 5.00 Å². The molecule has 2 aromatic heterocycles. The van der Waals surface area contributed by atoms with Gasteiger partial charge >= 0.3 is 0 Å². The van der Waals surface area contributed by atoms with E-state index in [0.717, 1.165) is 18.9 Å². The Hall–Kier alpha value is -1.89. The summed E-state index contributed by atoms with van der Waals surface area (Å²) in [6.45, 7) is 5.00. The number of thiophene rings is 1. The number of aryl methyl sites for hydroxylation is 2. The number of rotatable bonds is 2. The number of carbonyl (C=O) groups excluding carboxylic acids is 1. The molecule has 0 atom stereocenters. The molecule has 1 aliphatic rings. The maximum atomic E-state index is 12.3. The summed E-state index contributed by atoms with van der Waals surface area (Å²) in [7, 11) is 1.80. The molecule has 0 N–H and O–H groups in total. The van der Waals surface area contributed by atoms with E-state index >= 15 is 0 Å². The van der Waals surface area contributed by atoms with Gasteiger partial charge < -0.3 is 9.80 Å². The monoisotopic (exact) mass is 291 g/mol. The summed E-state index contributed by atoms with van der Waals surface area (Å²) in [6.07, 6.45) is 0. The van der Waals surface area contributed by atoms with Crippen LogP contribution in [0.1, 0.15) is 16.4 Å². The van der Waals surface area contributed by atoms with Gasteiger partial charge in [-0.05, 0) is 24.4 Å². The molecule has 7 heteroatoms. The lowest BCUT2D eigenvalue weighted by molar-refractivity contribution is 0.0734. The molecule has 0 radical (unpaired) electrons. The highest BCUT2D eigenvalue weighted by molar-refractivity contribution is 7.14. The predicted molar refractivity (Wildman–Crippen MR) is 78.2 cm³/mol.